The number of hydrogen-bond donors (Lipinski definition) is 2. The van der Waals surface area contributed by atoms with Gasteiger partial charge in [-0.3, -0.25) is 4.79 Å². The predicted molar refractivity (Wildman–Crippen MR) is 172 cm³/mol. The van der Waals surface area contributed by atoms with Crippen molar-refractivity contribution in [3.8, 4) is 17.2 Å². The zero-order valence-corrected chi connectivity index (χ0v) is 26.3. The first-order chi connectivity index (χ1) is 22.2. The van der Waals surface area contributed by atoms with E-state index < -0.39 is 22.2 Å². The van der Waals surface area contributed by atoms with Crippen LogP contribution in [0.4, 0.5) is 5.69 Å². The lowest BCUT2D eigenvalue weighted by molar-refractivity contribution is -0.137. The van der Waals surface area contributed by atoms with Crippen molar-refractivity contribution in [2.24, 2.45) is 0 Å². The van der Waals surface area contributed by atoms with Gasteiger partial charge in [-0.05, 0) is 84.5 Å². The van der Waals surface area contributed by atoms with Crippen LogP contribution in [-0.4, -0.2) is 45.3 Å². The lowest BCUT2D eigenvalue weighted by Crippen LogP contribution is -2.37. The molecule has 5 aromatic rings. The number of para-hydroxylation sites is 2. The molecule has 0 saturated heterocycles. The molecule has 0 saturated carbocycles. The fraction of sp³-hybridized carbons (Fsp3) is 0.265. The molecule has 46 heavy (non-hydrogen) atoms. The van der Waals surface area contributed by atoms with Crippen molar-refractivity contribution in [1.82, 2.24) is 19.3 Å². The smallest absolute Gasteiger partial charge is 0.385 e. The van der Waals surface area contributed by atoms with E-state index in [-0.39, 0.29) is 25.3 Å². The minimum absolute atomic E-state index is 0.0470. The number of aliphatic carboxylic acids is 1. The summed E-state index contributed by atoms with van der Waals surface area (Å²) >= 11 is 0. The summed E-state index contributed by atoms with van der Waals surface area (Å²) in [6.45, 7) is 5.28. The molecular formula is C34H33N5O6S. The van der Waals surface area contributed by atoms with Crippen molar-refractivity contribution in [3.63, 3.8) is 0 Å². The van der Waals surface area contributed by atoms with Crippen molar-refractivity contribution in [1.29, 1.82) is 0 Å². The normalized spacial score (nSPS) is 18.9. The molecule has 2 N–H and O–H groups in total. The van der Waals surface area contributed by atoms with Gasteiger partial charge < -0.3 is 19.3 Å². The number of rotatable bonds is 2. The van der Waals surface area contributed by atoms with Gasteiger partial charge in [-0.1, -0.05) is 41.6 Å². The van der Waals surface area contributed by atoms with Gasteiger partial charge in [0.2, 0.25) is 0 Å². The minimum Gasteiger partial charge on any atom is -0.481 e. The molecule has 0 radical (unpaired) electrons. The van der Waals surface area contributed by atoms with Gasteiger partial charge in [0.15, 0.2) is 5.75 Å². The first-order valence-electron chi connectivity index (χ1n) is 15.1. The Bertz CT molecular complexity index is 2090. The molecule has 2 atom stereocenters. The third-order valence-electron chi connectivity index (χ3n) is 8.73. The van der Waals surface area contributed by atoms with E-state index in [0.717, 1.165) is 51.0 Å². The number of benzene rings is 4. The standard InChI is InChI=1S/C34H33N5O6S/c1-21-8-9-23-16-24(21)19-38-20-25-17-26(10-13-31(25)45-46(38,42)43)44-32-7-4-3-6-29(32)35-14-5-15-39-30-12-11-27(28(23)18-33(40)41)22(2)34(30)36-37-39/h3-4,6-13,16-17,28,35H,5,14-15,18-20H2,1-2H3,(H,40,41). The van der Waals surface area contributed by atoms with E-state index in [1.807, 2.05) is 73.1 Å². The summed E-state index contributed by atoms with van der Waals surface area (Å²) in [5, 5.41) is 22.3. The van der Waals surface area contributed by atoms with Crippen molar-refractivity contribution in [2.75, 3.05) is 11.9 Å². The van der Waals surface area contributed by atoms with Crippen LogP contribution in [0.25, 0.3) is 11.0 Å². The van der Waals surface area contributed by atoms with E-state index in [1.165, 1.54) is 4.31 Å². The van der Waals surface area contributed by atoms with Gasteiger partial charge in [0.25, 0.3) is 0 Å². The number of anilines is 1. The van der Waals surface area contributed by atoms with E-state index in [1.54, 1.807) is 18.2 Å². The number of carboxylic acid groups (broad SMARTS) is 1. The van der Waals surface area contributed by atoms with Gasteiger partial charge in [-0.2, -0.15) is 12.7 Å². The molecule has 236 valence electrons. The molecule has 4 heterocycles. The Morgan fingerprint density at radius 2 is 1.83 bits per heavy atom. The van der Waals surface area contributed by atoms with Crippen molar-refractivity contribution >= 4 is 33.0 Å². The average molecular weight is 640 g/mol. The Hall–Kier alpha value is -4.94. The van der Waals surface area contributed by atoms with Crippen LogP contribution in [0.15, 0.2) is 72.8 Å². The summed E-state index contributed by atoms with van der Waals surface area (Å²) in [6.07, 6.45) is 0.624. The summed E-state index contributed by atoms with van der Waals surface area (Å²) in [5.41, 5.74) is 7.21. The fourth-order valence-corrected chi connectivity index (χ4v) is 7.34. The first-order valence-corrected chi connectivity index (χ1v) is 16.5. The zero-order valence-electron chi connectivity index (χ0n) is 25.4. The molecular weight excluding hydrogens is 606 g/mol. The van der Waals surface area contributed by atoms with Gasteiger partial charge in [-0.25, -0.2) is 4.68 Å². The van der Waals surface area contributed by atoms with Crippen LogP contribution in [0.5, 0.6) is 17.2 Å². The molecule has 9 bridgehead atoms. The van der Waals surface area contributed by atoms with E-state index in [4.69, 9.17) is 8.92 Å². The van der Waals surface area contributed by atoms with Crippen LogP contribution in [0.3, 0.4) is 0 Å². The molecule has 0 amide bonds. The Kier molecular flexibility index (Phi) is 7.61. The molecule has 8 rings (SSSR count). The van der Waals surface area contributed by atoms with Crippen LogP contribution in [0.1, 0.15) is 52.1 Å². The van der Waals surface area contributed by atoms with Gasteiger partial charge in [0, 0.05) is 37.7 Å². The Morgan fingerprint density at radius 1 is 1.00 bits per heavy atom. The van der Waals surface area contributed by atoms with E-state index in [0.29, 0.717) is 30.2 Å². The molecule has 0 aliphatic carbocycles. The maximum atomic E-state index is 13.3. The first kappa shape index (κ1) is 29.8. The number of fused-ring (bicyclic) bond motifs is 4. The summed E-state index contributed by atoms with van der Waals surface area (Å²) in [5.74, 6) is 0.0345. The number of hydrogen-bond acceptors (Lipinski definition) is 8. The topological polar surface area (TPSA) is 136 Å². The number of aromatic nitrogens is 3. The lowest BCUT2D eigenvalue weighted by atomic mass is 9.84. The summed E-state index contributed by atoms with van der Waals surface area (Å²) < 4.78 is 41.5. The highest BCUT2D eigenvalue weighted by molar-refractivity contribution is 7.84. The second-order valence-electron chi connectivity index (χ2n) is 11.8. The van der Waals surface area contributed by atoms with Crippen LogP contribution < -0.4 is 14.2 Å². The highest BCUT2D eigenvalue weighted by Crippen LogP contribution is 2.38. The molecule has 11 nitrogen and oxygen atoms in total. The molecule has 3 aliphatic heterocycles. The lowest BCUT2D eigenvalue weighted by Gasteiger charge is -2.29. The summed E-state index contributed by atoms with van der Waals surface area (Å²) in [7, 11) is -4.09. The van der Waals surface area contributed by atoms with E-state index >= 15 is 0 Å². The van der Waals surface area contributed by atoms with Crippen LogP contribution in [0, 0.1) is 13.8 Å². The maximum absolute atomic E-state index is 13.3. The SMILES string of the molecule is Cc1ccc2cc1CN1Cc3cc(ccc3OS1(=O)=O)Oc1ccccc1NCCCn1nnc3c(C)c(ccc31)C2CC(=O)O. The fourth-order valence-electron chi connectivity index (χ4n) is 6.25. The van der Waals surface area contributed by atoms with Gasteiger partial charge in [0.1, 0.15) is 17.0 Å². The second-order valence-corrected chi connectivity index (χ2v) is 13.3. The Morgan fingerprint density at radius 3 is 2.67 bits per heavy atom. The van der Waals surface area contributed by atoms with E-state index in [9.17, 15) is 18.3 Å². The van der Waals surface area contributed by atoms with Crippen LogP contribution in [-0.2, 0) is 34.7 Å². The molecule has 3 aliphatic rings. The molecule has 0 fully saturated rings. The van der Waals surface area contributed by atoms with Crippen molar-refractivity contribution < 1.29 is 27.2 Å². The highest BCUT2D eigenvalue weighted by Gasteiger charge is 2.33. The summed E-state index contributed by atoms with van der Waals surface area (Å²) in [6, 6.07) is 22.4. The largest absolute Gasteiger partial charge is 0.481 e. The van der Waals surface area contributed by atoms with Crippen molar-refractivity contribution in [2.45, 2.75) is 52.2 Å². The van der Waals surface area contributed by atoms with Crippen LogP contribution >= 0.6 is 0 Å². The second kappa shape index (κ2) is 11.8. The van der Waals surface area contributed by atoms with Gasteiger partial charge >= 0.3 is 16.3 Å². The van der Waals surface area contributed by atoms with Gasteiger partial charge in [0.05, 0.1) is 17.6 Å². The average Bonchev–Trinajstić information content (AvgIpc) is 3.44. The van der Waals surface area contributed by atoms with E-state index in [2.05, 4.69) is 15.6 Å². The molecule has 0 spiro atoms. The highest BCUT2D eigenvalue weighted by atomic mass is 32.2. The molecule has 12 heteroatoms. The molecule has 1 aromatic heterocycles. The monoisotopic (exact) mass is 639 g/mol. The number of carbonyl (C=O) groups is 1. The number of ether oxygens (including phenoxy) is 1. The number of carboxylic acids is 1. The third kappa shape index (κ3) is 5.65. The summed E-state index contributed by atoms with van der Waals surface area (Å²) in [4.78, 5) is 12.1. The predicted octanol–water partition coefficient (Wildman–Crippen LogP) is 5.90. The Labute approximate surface area is 266 Å². The number of nitrogens with one attached hydrogen (secondary N) is 1. The number of nitrogens with zero attached hydrogens (tertiary/aromatic N) is 4. The molecule has 2 unspecified atom stereocenters. The molecule has 4 aromatic carbocycles. The van der Waals surface area contributed by atoms with Crippen molar-refractivity contribution in [3.05, 3.63) is 106 Å². The third-order valence-corrected chi connectivity index (χ3v) is 10.0. The quantitative estimate of drug-likeness (QED) is 0.242. The Balaban J connectivity index is 1.34. The van der Waals surface area contributed by atoms with Gasteiger partial charge in [-0.15, -0.1) is 5.10 Å². The van der Waals surface area contributed by atoms with Crippen LogP contribution in [0.2, 0.25) is 0 Å². The zero-order chi connectivity index (χ0) is 32.0. The number of aryl methyl sites for hydroxylation is 3. The maximum Gasteiger partial charge on any atom is 0.385 e. The minimum atomic E-state index is -4.09.